The third-order valence-electron chi connectivity index (χ3n) is 3.43. The molecule has 0 aromatic heterocycles. The van der Waals surface area contributed by atoms with Gasteiger partial charge in [-0.3, -0.25) is 14.4 Å². The highest BCUT2D eigenvalue weighted by Gasteiger charge is 2.41. The Morgan fingerprint density at radius 2 is 1.75 bits per heavy atom. The largest absolute Gasteiger partial charge is 0.326 e. The van der Waals surface area contributed by atoms with Crippen molar-refractivity contribution in [2.45, 2.75) is 11.7 Å². The van der Waals surface area contributed by atoms with Crippen molar-refractivity contribution >= 4 is 62.8 Å². The van der Waals surface area contributed by atoms with E-state index >= 15 is 0 Å². The minimum atomic E-state index is -0.693. The van der Waals surface area contributed by atoms with Gasteiger partial charge in [0, 0.05) is 15.7 Å². The van der Waals surface area contributed by atoms with Crippen molar-refractivity contribution in [1.29, 1.82) is 0 Å². The normalized spacial score (nSPS) is 17.2. The van der Waals surface area contributed by atoms with Crippen molar-refractivity contribution in [3.8, 4) is 0 Å². The van der Waals surface area contributed by atoms with Crippen molar-refractivity contribution in [3.63, 3.8) is 0 Å². The highest BCUT2D eigenvalue weighted by atomic mass is 127. The summed E-state index contributed by atoms with van der Waals surface area (Å²) in [5, 5.41) is 1.71. The number of nitrogens with zero attached hydrogens (tertiary/aromatic N) is 1. The van der Waals surface area contributed by atoms with Gasteiger partial charge in [0.15, 0.2) is 0 Å². The number of halogens is 1. The Morgan fingerprint density at radius 1 is 1.08 bits per heavy atom. The van der Waals surface area contributed by atoms with Crippen molar-refractivity contribution in [2.24, 2.45) is 0 Å². The van der Waals surface area contributed by atoms with Gasteiger partial charge in [-0.15, -0.1) is 0 Å². The first kappa shape index (κ1) is 17.0. The lowest BCUT2D eigenvalue weighted by molar-refractivity contribution is -0.121. The molecule has 2 aromatic rings. The number of amides is 3. The fourth-order valence-corrected chi connectivity index (χ4v) is 3.66. The molecule has 2 aromatic carbocycles. The van der Waals surface area contributed by atoms with Gasteiger partial charge in [-0.1, -0.05) is 18.2 Å². The van der Waals surface area contributed by atoms with E-state index < -0.39 is 5.25 Å². The Labute approximate surface area is 156 Å². The zero-order chi connectivity index (χ0) is 17.1. The van der Waals surface area contributed by atoms with Crippen LogP contribution in [-0.2, 0) is 9.59 Å². The molecule has 0 saturated carbocycles. The molecule has 7 heteroatoms. The molecule has 1 atom stereocenters. The molecule has 0 radical (unpaired) electrons. The molecular formula is C17H13IN2O3S. The molecule has 5 nitrogen and oxygen atoms in total. The summed E-state index contributed by atoms with van der Waals surface area (Å²) in [5.41, 5.74) is 1.20. The summed E-state index contributed by atoms with van der Waals surface area (Å²) in [6.45, 7) is 0. The van der Waals surface area contributed by atoms with E-state index in [9.17, 15) is 14.4 Å². The number of hydrogen-bond donors (Lipinski definition) is 1. The van der Waals surface area contributed by atoms with E-state index in [4.69, 9.17) is 0 Å². The summed E-state index contributed by atoms with van der Waals surface area (Å²) in [7, 11) is 0. The van der Waals surface area contributed by atoms with E-state index in [2.05, 4.69) is 27.9 Å². The summed E-state index contributed by atoms with van der Waals surface area (Å²) in [5.74, 6) is -0.640. The Bertz CT molecular complexity index is 780. The first-order valence-electron chi connectivity index (χ1n) is 7.19. The smallest absolute Gasteiger partial charge is 0.293 e. The Kier molecular flexibility index (Phi) is 5.20. The van der Waals surface area contributed by atoms with Gasteiger partial charge in [0.05, 0.1) is 5.69 Å². The van der Waals surface area contributed by atoms with Gasteiger partial charge in [0.2, 0.25) is 11.8 Å². The fraction of sp³-hybridized carbons (Fsp3) is 0.118. The van der Waals surface area contributed by atoms with Gasteiger partial charge >= 0.3 is 0 Å². The molecular weight excluding hydrogens is 439 g/mol. The van der Waals surface area contributed by atoms with Crippen LogP contribution in [-0.4, -0.2) is 22.3 Å². The molecule has 0 aliphatic carbocycles. The second-order valence-electron chi connectivity index (χ2n) is 5.14. The number of hydrogen-bond acceptors (Lipinski definition) is 4. The van der Waals surface area contributed by atoms with Crippen LogP contribution in [0.2, 0.25) is 0 Å². The summed E-state index contributed by atoms with van der Waals surface area (Å²) >= 11 is 3.07. The van der Waals surface area contributed by atoms with Crippen LogP contribution in [0, 0.1) is 3.57 Å². The number of rotatable bonds is 4. The van der Waals surface area contributed by atoms with E-state index in [1.807, 2.05) is 18.2 Å². The first-order valence-corrected chi connectivity index (χ1v) is 9.15. The van der Waals surface area contributed by atoms with Crippen molar-refractivity contribution in [3.05, 3.63) is 58.2 Å². The van der Waals surface area contributed by atoms with Crippen LogP contribution in [0.1, 0.15) is 6.42 Å². The molecule has 3 amide bonds. The molecule has 1 aliphatic heterocycles. The average molecular weight is 452 g/mol. The topological polar surface area (TPSA) is 66.5 Å². The van der Waals surface area contributed by atoms with Crippen LogP contribution in [0.25, 0.3) is 0 Å². The molecule has 1 fully saturated rings. The average Bonchev–Trinajstić information content (AvgIpc) is 2.84. The van der Waals surface area contributed by atoms with Crippen molar-refractivity contribution in [1.82, 2.24) is 0 Å². The molecule has 122 valence electrons. The van der Waals surface area contributed by atoms with Crippen LogP contribution in [0.3, 0.4) is 0 Å². The maximum Gasteiger partial charge on any atom is 0.293 e. The zero-order valence-electron chi connectivity index (χ0n) is 12.4. The van der Waals surface area contributed by atoms with Gasteiger partial charge < -0.3 is 5.32 Å². The molecule has 1 aliphatic rings. The Balaban J connectivity index is 1.65. The maximum atomic E-state index is 12.5. The molecule has 1 N–H and O–H groups in total. The standard InChI is InChI=1S/C17H13IN2O3S/c18-11-6-8-12(9-7-11)19-15(21)10-14-16(22)20(17(23)24-14)13-4-2-1-3-5-13/h1-9,14H,10H2,(H,19,21)/t14-/m1/s1. The number of nitrogens with one attached hydrogen (secondary N) is 1. The number of thioether (sulfide) groups is 1. The number of imide groups is 1. The quantitative estimate of drug-likeness (QED) is 0.716. The van der Waals surface area contributed by atoms with Crippen LogP contribution < -0.4 is 10.2 Å². The molecule has 3 rings (SSSR count). The van der Waals surface area contributed by atoms with Gasteiger partial charge in [0.1, 0.15) is 5.25 Å². The molecule has 24 heavy (non-hydrogen) atoms. The van der Waals surface area contributed by atoms with E-state index in [-0.39, 0.29) is 23.5 Å². The molecule has 0 bridgehead atoms. The number of benzene rings is 2. The van der Waals surface area contributed by atoms with Crippen molar-refractivity contribution < 1.29 is 14.4 Å². The number of carbonyl (C=O) groups excluding carboxylic acids is 3. The second kappa shape index (κ2) is 7.35. The lowest BCUT2D eigenvalue weighted by Gasteiger charge is -2.13. The zero-order valence-corrected chi connectivity index (χ0v) is 15.4. The third kappa shape index (κ3) is 3.78. The summed E-state index contributed by atoms with van der Waals surface area (Å²) < 4.78 is 1.07. The van der Waals surface area contributed by atoms with Crippen LogP contribution in [0.4, 0.5) is 16.2 Å². The van der Waals surface area contributed by atoms with Gasteiger partial charge in [-0.25, -0.2) is 4.90 Å². The van der Waals surface area contributed by atoms with E-state index in [1.165, 1.54) is 0 Å². The molecule has 1 saturated heterocycles. The van der Waals surface area contributed by atoms with Crippen LogP contribution in [0.5, 0.6) is 0 Å². The minimum absolute atomic E-state index is 0.0371. The highest BCUT2D eigenvalue weighted by Crippen LogP contribution is 2.33. The molecule has 1 heterocycles. The van der Waals surface area contributed by atoms with Gasteiger partial charge in [-0.2, -0.15) is 0 Å². The monoisotopic (exact) mass is 452 g/mol. The predicted molar refractivity (Wildman–Crippen MR) is 103 cm³/mol. The predicted octanol–water partition coefficient (Wildman–Crippen LogP) is 3.89. The maximum absolute atomic E-state index is 12.5. The van der Waals surface area contributed by atoms with Crippen molar-refractivity contribution in [2.75, 3.05) is 10.2 Å². The summed E-state index contributed by atoms with van der Waals surface area (Å²) in [6.07, 6.45) is -0.0371. The number of anilines is 2. The number of para-hydroxylation sites is 1. The molecule has 0 spiro atoms. The number of carbonyl (C=O) groups is 3. The Hall–Kier alpha value is -1.87. The highest BCUT2D eigenvalue weighted by molar-refractivity contribution is 14.1. The third-order valence-corrected chi connectivity index (χ3v) is 5.19. The lowest BCUT2D eigenvalue weighted by atomic mass is 10.2. The SMILES string of the molecule is O=C(C[C@H]1SC(=O)N(c2ccccc2)C1=O)Nc1ccc(I)cc1. The minimum Gasteiger partial charge on any atom is -0.326 e. The van der Waals surface area contributed by atoms with E-state index in [0.29, 0.717) is 11.4 Å². The fourth-order valence-electron chi connectivity index (χ4n) is 2.31. The molecule has 0 unspecified atom stereocenters. The van der Waals surface area contributed by atoms with Crippen LogP contribution >= 0.6 is 34.4 Å². The Morgan fingerprint density at radius 3 is 2.42 bits per heavy atom. The van der Waals surface area contributed by atoms with Gasteiger partial charge in [-0.05, 0) is 70.8 Å². The summed E-state index contributed by atoms with van der Waals surface area (Å²) in [6, 6.07) is 16.1. The first-order chi connectivity index (χ1) is 11.5. The van der Waals surface area contributed by atoms with Crippen LogP contribution in [0.15, 0.2) is 54.6 Å². The van der Waals surface area contributed by atoms with E-state index in [0.717, 1.165) is 20.2 Å². The van der Waals surface area contributed by atoms with E-state index in [1.54, 1.807) is 36.4 Å². The van der Waals surface area contributed by atoms with Gasteiger partial charge in [0.25, 0.3) is 5.24 Å². The summed E-state index contributed by atoms with van der Waals surface area (Å²) in [4.78, 5) is 37.8. The lowest BCUT2D eigenvalue weighted by Crippen LogP contribution is -2.32. The second-order valence-corrected chi connectivity index (χ2v) is 7.54.